The van der Waals surface area contributed by atoms with Gasteiger partial charge in [-0.1, -0.05) is 18.2 Å². The second-order valence-corrected chi connectivity index (χ2v) is 6.65. The lowest BCUT2D eigenvalue weighted by atomic mass is 9.90. The third-order valence-corrected chi connectivity index (χ3v) is 5.50. The van der Waals surface area contributed by atoms with Crippen LogP contribution in [0.25, 0.3) is 16.4 Å². The Hall–Kier alpha value is -2.00. The first kappa shape index (κ1) is 12.5. The van der Waals surface area contributed by atoms with E-state index in [2.05, 4.69) is 54.5 Å². The number of anilines is 1. The highest BCUT2D eigenvalue weighted by Gasteiger charge is 2.34. The van der Waals surface area contributed by atoms with Crippen LogP contribution < -0.4 is 4.90 Å². The zero-order chi connectivity index (χ0) is 15.0. The first-order chi connectivity index (χ1) is 10.7. The average Bonchev–Trinajstić information content (AvgIpc) is 2.81. The Kier molecular flexibility index (Phi) is 2.31. The molecule has 0 radical (unpaired) electrons. The van der Waals surface area contributed by atoms with Crippen molar-refractivity contribution in [3.63, 3.8) is 0 Å². The van der Waals surface area contributed by atoms with Crippen molar-refractivity contribution >= 4 is 22.2 Å². The fraction of sp³-hybridized carbons (Fsp3) is 0.368. The maximum Gasteiger partial charge on any atom is 0.119 e. The predicted molar refractivity (Wildman–Crippen MR) is 89.8 cm³/mol. The van der Waals surface area contributed by atoms with Gasteiger partial charge >= 0.3 is 0 Å². The van der Waals surface area contributed by atoms with Gasteiger partial charge in [-0.2, -0.15) is 0 Å². The van der Waals surface area contributed by atoms with Crippen LogP contribution in [-0.4, -0.2) is 18.0 Å². The van der Waals surface area contributed by atoms with Crippen molar-refractivity contribution in [2.75, 3.05) is 18.5 Å². The number of aryl methyl sites for hydroxylation is 1. The molecule has 0 unspecified atom stereocenters. The van der Waals surface area contributed by atoms with Crippen LogP contribution in [0.1, 0.15) is 35.3 Å². The smallest absolute Gasteiger partial charge is 0.119 e. The van der Waals surface area contributed by atoms with Crippen LogP contribution in [0.15, 0.2) is 24.3 Å². The normalized spacial score (nSPS) is 20.1. The van der Waals surface area contributed by atoms with E-state index in [4.69, 9.17) is 4.74 Å². The molecule has 2 aliphatic rings. The van der Waals surface area contributed by atoms with Gasteiger partial charge in [0.25, 0.3) is 0 Å². The molecule has 5 rings (SSSR count). The summed E-state index contributed by atoms with van der Waals surface area (Å²) in [5, 5.41) is 1.36. The monoisotopic (exact) mass is 292 g/mol. The Morgan fingerprint density at radius 1 is 1.18 bits per heavy atom. The van der Waals surface area contributed by atoms with Gasteiger partial charge < -0.3 is 9.64 Å². The number of ether oxygens (including phenoxy) is 1. The minimum atomic E-state index is 0.186. The molecule has 4 bridgehead atoms. The zero-order valence-corrected chi connectivity index (χ0v) is 13.3. The van der Waals surface area contributed by atoms with Gasteiger partial charge in [0.05, 0.1) is 23.7 Å². The van der Waals surface area contributed by atoms with E-state index >= 15 is 0 Å². The number of fused-ring (bicyclic) bond motifs is 5. The van der Waals surface area contributed by atoms with E-state index in [1.165, 1.54) is 38.9 Å². The summed E-state index contributed by atoms with van der Waals surface area (Å²) in [5.74, 6) is 1.33. The molecule has 22 heavy (non-hydrogen) atoms. The average molecular weight is 292 g/mol. The maximum atomic E-state index is 6.08. The quantitative estimate of drug-likeness (QED) is 0.623. The Morgan fingerprint density at radius 3 is 2.86 bits per heavy atom. The van der Waals surface area contributed by atoms with E-state index in [1.807, 2.05) is 0 Å². The van der Waals surface area contributed by atoms with Crippen molar-refractivity contribution in [2.45, 2.75) is 33.0 Å². The highest BCUT2D eigenvalue weighted by atomic mass is 16.5. The molecule has 0 fully saturated rings. The van der Waals surface area contributed by atoms with Crippen molar-refractivity contribution in [2.24, 2.45) is 0 Å². The molecular formula is C19H20N2O. The Balaban J connectivity index is 2.11. The fourth-order valence-corrected chi connectivity index (χ4v) is 4.47. The predicted octanol–water partition coefficient (Wildman–Crippen LogP) is 3.98. The number of aromatic nitrogens is 1. The SMILES string of the molecule is Cc1c2ccccc2n2c3c4c(c(c12)CO[C@H]4C)CCN3C. The summed E-state index contributed by atoms with van der Waals surface area (Å²) in [5.41, 5.74) is 8.44. The summed E-state index contributed by atoms with van der Waals surface area (Å²) >= 11 is 0. The topological polar surface area (TPSA) is 16.9 Å². The van der Waals surface area contributed by atoms with E-state index in [0.29, 0.717) is 0 Å². The number of pyridine rings is 1. The van der Waals surface area contributed by atoms with Gasteiger partial charge in [0.15, 0.2) is 0 Å². The lowest BCUT2D eigenvalue weighted by Gasteiger charge is -2.38. The molecule has 1 aromatic carbocycles. The van der Waals surface area contributed by atoms with Crippen LogP contribution in [0.5, 0.6) is 0 Å². The highest BCUT2D eigenvalue weighted by molar-refractivity contribution is 5.96. The molecule has 3 nitrogen and oxygen atoms in total. The van der Waals surface area contributed by atoms with Gasteiger partial charge in [-0.05, 0) is 37.5 Å². The van der Waals surface area contributed by atoms with Crippen LogP contribution in [0.3, 0.4) is 0 Å². The lowest BCUT2D eigenvalue weighted by molar-refractivity contribution is 0.0432. The summed E-state index contributed by atoms with van der Waals surface area (Å²) in [4.78, 5) is 2.40. The minimum Gasteiger partial charge on any atom is -0.369 e. The molecule has 112 valence electrons. The Bertz CT molecular complexity index is 938. The van der Waals surface area contributed by atoms with Crippen molar-refractivity contribution in [1.82, 2.24) is 4.40 Å². The van der Waals surface area contributed by atoms with Crippen LogP contribution in [0.4, 0.5) is 5.82 Å². The summed E-state index contributed by atoms with van der Waals surface area (Å²) in [6.07, 6.45) is 1.32. The molecule has 0 amide bonds. The summed E-state index contributed by atoms with van der Waals surface area (Å²) < 4.78 is 8.56. The third-order valence-electron chi connectivity index (χ3n) is 5.50. The second-order valence-electron chi connectivity index (χ2n) is 6.65. The van der Waals surface area contributed by atoms with Gasteiger partial charge in [-0.15, -0.1) is 0 Å². The molecule has 0 aliphatic carbocycles. The van der Waals surface area contributed by atoms with E-state index in [0.717, 1.165) is 19.6 Å². The zero-order valence-electron chi connectivity index (χ0n) is 13.3. The van der Waals surface area contributed by atoms with Gasteiger partial charge in [-0.3, -0.25) is 4.40 Å². The Labute approximate surface area is 130 Å². The minimum absolute atomic E-state index is 0.186. The maximum absolute atomic E-state index is 6.08. The molecule has 3 aromatic rings. The third kappa shape index (κ3) is 1.31. The van der Waals surface area contributed by atoms with Crippen LogP contribution in [-0.2, 0) is 17.8 Å². The van der Waals surface area contributed by atoms with Crippen LogP contribution in [0, 0.1) is 6.92 Å². The number of benzene rings is 1. The number of rotatable bonds is 0. The van der Waals surface area contributed by atoms with E-state index in [1.54, 1.807) is 5.56 Å². The molecule has 3 heteroatoms. The van der Waals surface area contributed by atoms with E-state index < -0.39 is 0 Å². The molecule has 0 spiro atoms. The van der Waals surface area contributed by atoms with Gasteiger partial charge in [0, 0.05) is 30.1 Å². The highest BCUT2D eigenvalue weighted by Crippen LogP contribution is 2.46. The van der Waals surface area contributed by atoms with Crippen molar-refractivity contribution < 1.29 is 4.74 Å². The lowest BCUT2D eigenvalue weighted by Crippen LogP contribution is -2.33. The summed E-state index contributed by atoms with van der Waals surface area (Å²) in [6.45, 7) is 6.28. The largest absolute Gasteiger partial charge is 0.369 e. The van der Waals surface area contributed by atoms with Crippen LogP contribution >= 0.6 is 0 Å². The summed E-state index contributed by atoms with van der Waals surface area (Å²) in [6, 6.07) is 8.76. The standard InChI is InChI=1S/C19H20N2O/c1-11-13-6-4-5-7-16(13)21-18(11)15-10-22-12(2)17-14(15)8-9-20(3)19(17)21/h4-7,12H,8-10H2,1-3H3/t12-/m0/s1. The number of hydrogen-bond donors (Lipinski definition) is 0. The fourth-order valence-electron chi connectivity index (χ4n) is 4.47. The van der Waals surface area contributed by atoms with E-state index in [9.17, 15) is 0 Å². The van der Waals surface area contributed by atoms with Crippen molar-refractivity contribution in [3.05, 3.63) is 46.5 Å². The molecule has 0 saturated carbocycles. The van der Waals surface area contributed by atoms with Gasteiger partial charge in [0.1, 0.15) is 5.82 Å². The summed E-state index contributed by atoms with van der Waals surface area (Å²) in [7, 11) is 2.21. The Morgan fingerprint density at radius 2 is 2.00 bits per heavy atom. The molecule has 0 N–H and O–H groups in total. The molecule has 2 aromatic heterocycles. The van der Waals surface area contributed by atoms with Crippen molar-refractivity contribution in [1.29, 1.82) is 0 Å². The molecule has 1 atom stereocenters. The first-order valence-corrected chi connectivity index (χ1v) is 8.08. The first-order valence-electron chi connectivity index (χ1n) is 8.08. The number of para-hydroxylation sites is 1. The number of likely N-dealkylation sites (N-methyl/N-ethyl adjacent to an activating group) is 1. The molecule has 4 heterocycles. The molecular weight excluding hydrogens is 272 g/mol. The number of nitrogens with zero attached hydrogens (tertiary/aromatic N) is 2. The second kappa shape index (κ2) is 4.05. The van der Waals surface area contributed by atoms with Crippen molar-refractivity contribution in [3.8, 4) is 0 Å². The molecule has 0 saturated heterocycles. The van der Waals surface area contributed by atoms with Gasteiger partial charge in [-0.25, -0.2) is 0 Å². The number of hydrogen-bond acceptors (Lipinski definition) is 2. The van der Waals surface area contributed by atoms with E-state index in [-0.39, 0.29) is 6.10 Å². The van der Waals surface area contributed by atoms with Gasteiger partial charge in [0.2, 0.25) is 0 Å². The molecule has 2 aliphatic heterocycles. The van der Waals surface area contributed by atoms with Crippen LogP contribution in [0.2, 0.25) is 0 Å².